The van der Waals surface area contributed by atoms with E-state index in [-0.39, 0.29) is 12.5 Å². The van der Waals surface area contributed by atoms with Crippen molar-refractivity contribution in [3.05, 3.63) is 77.3 Å². The Kier molecular flexibility index (Phi) is 7.39. The summed E-state index contributed by atoms with van der Waals surface area (Å²) in [5.41, 5.74) is 3.52. The number of hydrogen-bond acceptors (Lipinski definition) is 4. The smallest absolute Gasteiger partial charge is 0.259 e. The zero-order valence-electron chi connectivity index (χ0n) is 13.9. The van der Waals surface area contributed by atoms with Gasteiger partial charge in [0.25, 0.3) is 11.8 Å². The predicted octanol–water partition coefficient (Wildman–Crippen LogP) is 2.78. The van der Waals surface area contributed by atoms with Crippen LogP contribution in [0.2, 0.25) is 5.02 Å². The average molecular weight is 372 g/mol. The number of ether oxygens (including phenoxy) is 1. The van der Waals surface area contributed by atoms with Gasteiger partial charge in [-0.3, -0.25) is 9.59 Å². The molecule has 26 heavy (non-hydrogen) atoms. The minimum atomic E-state index is -0.442. The van der Waals surface area contributed by atoms with Gasteiger partial charge in [0.2, 0.25) is 0 Å². The SMILES string of the molecule is C=CCOc1ccc(/C=N\NC(=O)CNC(=O)c2cccc(Cl)c2)cc1. The highest BCUT2D eigenvalue weighted by molar-refractivity contribution is 6.30. The van der Waals surface area contributed by atoms with Gasteiger partial charge in [0.1, 0.15) is 12.4 Å². The summed E-state index contributed by atoms with van der Waals surface area (Å²) >= 11 is 5.82. The summed E-state index contributed by atoms with van der Waals surface area (Å²) in [6, 6.07) is 13.6. The number of carbonyl (C=O) groups excluding carboxylic acids is 2. The fourth-order valence-corrected chi connectivity index (χ4v) is 2.11. The predicted molar refractivity (Wildman–Crippen MR) is 102 cm³/mol. The number of halogens is 1. The molecule has 0 saturated heterocycles. The number of hydrazone groups is 1. The lowest BCUT2D eigenvalue weighted by Crippen LogP contribution is -2.34. The Morgan fingerprint density at radius 3 is 2.65 bits per heavy atom. The number of hydrogen-bond donors (Lipinski definition) is 2. The molecule has 2 rings (SSSR count). The third-order valence-corrected chi connectivity index (χ3v) is 3.38. The third-order valence-electron chi connectivity index (χ3n) is 3.15. The van der Waals surface area contributed by atoms with Crippen molar-refractivity contribution in [3.8, 4) is 5.75 Å². The number of rotatable bonds is 8. The van der Waals surface area contributed by atoms with E-state index in [1.165, 1.54) is 12.3 Å². The van der Waals surface area contributed by atoms with Crippen LogP contribution in [0, 0.1) is 0 Å². The van der Waals surface area contributed by atoms with E-state index in [0.29, 0.717) is 17.2 Å². The third kappa shape index (κ3) is 6.41. The normalized spacial score (nSPS) is 10.3. The number of nitrogens with one attached hydrogen (secondary N) is 2. The van der Waals surface area contributed by atoms with Gasteiger partial charge in [0.05, 0.1) is 12.8 Å². The van der Waals surface area contributed by atoms with Gasteiger partial charge in [-0.2, -0.15) is 5.10 Å². The first-order valence-electron chi connectivity index (χ1n) is 7.78. The molecule has 0 heterocycles. The maximum absolute atomic E-state index is 11.9. The van der Waals surface area contributed by atoms with Gasteiger partial charge in [-0.05, 0) is 48.0 Å². The maximum atomic E-state index is 11.9. The van der Waals surface area contributed by atoms with Gasteiger partial charge in [-0.15, -0.1) is 0 Å². The lowest BCUT2D eigenvalue weighted by Gasteiger charge is -2.05. The summed E-state index contributed by atoms with van der Waals surface area (Å²) < 4.78 is 5.37. The first-order valence-corrected chi connectivity index (χ1v) is 8.15. The van der Waals surface area contributed by atoms with Crippen molar-refractivity contribution in [2.45, 2.75) is 0 Å². The molecule has 0 spiro atoms. The number of amides is 2. The minimum Gasteiger partial charge on any atom is -0.490 e. The van der Waals surface area contributed by atoms with Crippen molar-refractivity contribution < 1.29 is 14.3 Å². The van der Waals surface area contributed by atoms with E-state index >= 15 is 0 Å². The topological polar surface area (TPSA) is 79.8 Å². The molecule has 2 aromatic rings. The molecule has 0 bridgehead atoms. The maximum Gasteiger partial charge on any atom is 0.259 e. The Balaban J connectivity index is 1.76. The Morgan fingerprint density at radius 2 is 1.96 bits per heavy atom. The standard InChI is InChI=1S/C19H18ClN3O3/c1-2-10-26-17-8-6-14(7-9-17)12-22-23-18(24)13-21-19(25)15-4-3-5-16(20)11-15/h2-9,11-12H,1,10,13H2,(H,21,25)(H,23,24)/b22-12-. The Hall–Kier alpha value is -3.12. The van der Waals surface area contributed by atoms with Crippen molar-refractivity contribution in [1.82, 2.24) is 10.7 Å². The van der Waals surface area contributed by atoms with Gasteiger partial charge in [-0.25, -0.2) is 5.43 Å². The fraction of sp³-hybridized carbons (Fsp3) is 0.105. The van der Waals surface area contributed by atoms with E-state index in [1.54, 1.807) is 48.5 Å². The number of benzene rings is 2. The van der Waals surface area contributed by atoms with E-state index < -0.39 is 5.91 Å². The number of nitrogens with zero attached hydrogens (tertiary/aromatic N) is 1. The lowest BCUT2D eigenvalue weighted by molar-refractivity contribution is -0.120. The molecule has 2 N–H and O–H groups in total. The minimum absolute atomic E-state index is 0.197. The first-order chi connectivity index (χ1) is 12.6. The van der Waals surface area contributed by atoms with Crippen molar-refractivity contribution >= 4 is 29.6 Å². The first kappa shape index (κ1) is 19.2. The molecule has 0 unspecified atom stereocenters. The van der Waals surface area contributed by atoms with Crippen LogP contribution in [-0.4, -0.2) is 31.2 Å². The summed E-state index contributed by atoms with van der Waals surface area (Å²) in [6.45, 7) is 3.82. The highest BCUT2D eigenvalue weighted by Gasteiger charge is 2.07. The van der Waals surface area contributed by atoms with Gasteiger partial charge in [0, 0.05) is 10.6 Å². The van der Waals surface area contributed by atoms with Crippen LogP contribution >= 0.6 is 11.6 Å². The van der Waals surface area contributed by atoms with Crippen molar-refractivity contribution in [2.24, 2.45) is 5.10 Å². The molecule has 0 aliphatic heterocycles. The second kappa shape index (κ2) is 10.0. The van der Waals surface area contributed by atoms with Crippen LogP contribution in [0.1, 0.15) is 15.9 Å². The highest BCUT2D eigenvalue weighted by Crippen LogP contribution is 2.11. The molecule has 0 radical (unpaired) electrons. The molecule has 2 amide bonds. The van der Waals surface area contributed by atoms with Gasteiger partial charge in [0.15, 0.2) is 0 Å². The summed E-state index contributed by atoms with van der Waals surface area (Å²) in [4.78, 5) is 23.6. The second-order valence-corrected chi connectivity index (χ2v) is 5.59. The second-order valence-electron chi connectivity index (χ2n) is 5.15. The highest BCUT2D eigenvalue weighted by atomic mass is 35.5. The Morgan fingerprint density at radius 1 is 1.19 bits per heavy atom. The van der Waals surface area contributed by atoms with Crippen LogP contribution in [-0.2, 0) is 4.79 Å². The molecule has 0 atom stereocenters. The van der Waals surface area contributed by atoms with Crippen LogP contribution in [0.4, 0.5) is 0 Å². The largest absolute Gasteiger partial charge is 0.490 e. The molecular weight excluding hydrogens is 354 g/mol. The molecule has 6 nitrogen and oxygen atoms in total. The van der Waals surface area contributed by atoms with Crippen LogP contribution in [0.3, 0.4) is 0 Å². The lowest BCUT2D eigenvalue weighted by atomic mass is 10.2. The molecule has 2 aromatic carbocycles. The van der Waals surface area contributed by atoms with Crippen LogP contribution in [0.25, 0.3) is 0 Å². The van der Waals surface area contributed by atoms with E-state index in [0.717, 1.165) is 11.3 Å². The van der Waals surface area contributed by atoms with E-state index in [4.69, 9.17) is 16.3 Å². The Labute approximate surface area is 156 Å². The zero-order chi connectivity index (χ0) is 18.8. The summed E-state index contributed by atoms with van der Waals surface area (Å²) in [5.74, 6) is -0.112. The van der Waals surface area contributed by atoms with Crippen molar-refractivity contribution in [1.29, 1.82) is 0 Å². The molecule has 0 fully saturated rings. The van der Waals surface area contributed by atoms with Crippen molar-refractivity contribution in [3.63, 3.8) is 0 Å². The van der Waals surface area contributed by atoms with Gasteiger partial charge >= 0.3 is 0 Å². The van der Waals surface area contributed by atoms with E-state index in [9.17, 15) is 9.59 Å². The molecule has 0 saturated carbocycles. The van der Waals surface area contributed by atoms with Gasteiger partial charge < -0.3 is 10.1 Å². The number of carbonyl (C=O) groups is 2. The molecular formula is C19H18ClN3O3. The monoisotopic (exact) mass is 371 g/mol. The summed E-state index contributed by atoms with van der Waals surface area (Å²) in [7, 11) is 0. The summed E-state index contributed by atoms with van der Waals surface area (Å²) in [6.07, 6.45) is 3.16. The molecule has 0 aliphatic carbocycles. The molecule has 134 valence electrons. The molecule has 0 aromatic heterocycles. The quantitative estimate of drug-likeness (QED) is 0.425. The van der Waals surface area contributed by atoms with Crippen LogP contribution in [0.5, 0.6) is 5.75 Å². The van der Waals surface area contributed by atoms with Crippen LogP contribution in [0.15, 0.2) is 66.3 Å². The molecule has 7 heteroatoms. The van der Waals surface area contributed by atoms with Crippen molar-refractivity contribution in [2.75, 3.05) is 13.2 Å². The zero-order valence-corrected chi connectivity index (χ0v) is 14.7. The van der Waals surface area contributed by atoms with Crippen LogP contribution < -0.4 is 15.5 Å². The molecule has 0 aliphatic rings. The average Bonchev–Trinajstić information content (AvgIpc) is 2.65. The summed E-state index contributed by atoms with van der Waals surface area (Å²) in [5, 5.41) is 6.79. The van der Waals surface area contributed by atoms with E-state index in [2.05, 4.69) is 22.4 Å². The Bertz CT molecular complexity index is 804. The fourth-order valence-electron chi connectivity index (χ4n) is 1.92. The van der Waals surface area contributed by atoms with Gasteiger partial charge in [-0.1, -0.05) is 30.3 Å². The van der Waals surface area contributed by atoms with E-state index in [1.807, 2.05) is 0 Å².